The maximum absolute atomic E-state index is 12.1. The van der Waals surface area contributed by atoms with Crippen LogP contribution in [0.1, 0.15) is 17.4 Å². The van der Waals surface area contributed by atoms with Crippen molar-refractivity contribution in [2.24, 2.45) is 0 Å². The number of carboxylic acids is 1. The summed E-state index contributed by atoms with van der Waals surface area (Å²) >= 11 is 0. The largest absolute Gasteiger partial charge is 0.480 e. The number of benzene rings is 1. The number of carboxylic acid groups (broad SMARTS) is 1. The van der Waals surface area contributed by atoms with Gasteiger partial charge in [0.05, 0.1) is 11.9 Å². The van der Waals surface area contributed by atoms with Crippen LogP contribution in [-0.4, -0.2) is 50.0 Å². The molecule has 2 rings (SSSR count). The molecular weight excluding hydrogens is 260 g/mol. The minimum Gasteiger partial charge on any atom is -0.480 e. The Bertz CT molecular complexity index is 624. The van der Waals surface area contributed by atoms with Crippen molar-refractivity contribution in [3.63, 3.8) is 0 Å². The van der Waals surface area contributed by atoms with Gasteiger partial charge in [0.25, 0.3) is 5.91 Å². The Hall–Kier alpha value is -2.70. The third-order valence-corrected chi connectivity index (χ3v) is 2.99. The average Bonchev–Trinajstić information content (AvgIpc) is 2.95. The van der Waals surface area contributed by atoms with Gasteiger partial charge in [-0.3, -0.25) is 4.79 Å². The van der Waals surface area contributed by atoms with Gasteiger partial charge in [0, 0.05) is 7.05 Å². The molecule has 0 fully saturated rings. The lowest BCUT2D eigenvalue weighted by atomic mass is 10.3. The number of nitrogens with zero attached hydrogens (tertiary/aromatic N) is 4. The maximum Gasteiger partial charge on any atom is 0.326 e. The molecule has 1 amide bonds. The van der Waals surface area contributed by atoms with E-state index in [4.69, 9.17) is 5.11 Å². The highest BCUT2D eigenvalue weighted by molar-refractivity contribution is 5.94. The number of rotatable bonds is 4. The minimum absolute atomic E-state index is 0.101. The molecule has 0 spiro atoms. The summed E-state index contributed by atoms with van der Waals surface area (Å²) in [5.74, 6) is -1.56. The summed E-state index contributed by atoms with van der Waals surface area (Å²) < 4.78 is 1.46. The third-order valence-electron chi connectivity index (χ3n) is 2.99. The molecule has 7 nitrogen and oxygen atoms in total. The number of likely N-dealkylation sites (N-methyl/N-ethyl adjacent to an activating group) is 1. The summed E-state index contributed by atoms with van der Waals surface area (Å²) in [6, 6.07) is 8.28. The first kappa shape index (κ1) is 13.7. The summed E-state index contributed by atoms with van der Waals surface area (Å²) in [5.41, 5.74) is 0.873. The fourth-order valence-corrected chi connectivity index (χ4v) is 1.59. The van der Waals surface area contributed by atoms with Crippen LogP contribution in [0.4, 0.5) is 0 Å². The van der Waals surface area contributed by atoms with Crippen molar-refractivity contribution >= 4 is 11.9 Å². The van der Waals surface area contributed by atoms with Crippen LogP contribution in [0.5, 0.6) is 0 Å². The maximum atomic E-state index is 12.1. The molecule has 0 saturated carbocycles. The quantitative estimate of drug-likeness (QED) is 0.891. The number of hydrogen-bond acceptors (Lipinski definition) is 4. The molecule has 104 valence electrons. The van der Waals surface area contributed by atoms with Gasteiger partial charge in [-0.05, 0) is 19.1 Å². The second-order valence-corrected chi connectivity index (χ2v) is 4.31. The third kappa shape index (κ3) is 2.66. The van der Waals surface area contributed by atoms with Crippen molar-refractivity contribution in [3.05, 3.63) is 42.2 Å². The van der Waals surface area contributed by atoms with Gasteiger partial charge in [-0.2, -0.15) is 0 Å². The molecule has 0 saturated heterocycles. The summed E-state index contributed by atoms with van der Waals surface area (Å²) in [4.78, 5) is 24.1. The second-order valence-electron chi connectivity index (χ2n) is 4.31. The van der Waals surface area contributed by atoms with Crippen LogP contribution >= 0.6 is 0 Å². The van der Waals surface area contributed by atoms with Gasteiger partial charge < -0.3 is 10.0 Å². The molecule has 20 heavy (non-hydrogen) atoms. The Morgan fingerprint density at radius 3 is 2.55 bits per heavy atom. The van der Waals surface area contributed by atoms with E-state index in [1.165, 1.54) is 24.9 Å². The standard InChI is InChI=1S/C13H14N4O3/c1-9(13(19)20)16(2)12(18)11-8-17(15-14-11)10-6-4-3-5-7-10/h3-9H,1-2H3,(H,19,20). The zero-order valence-electron chi connectivity index (χ0n) is 11.1. The monoisotopic (exact) mass is 274 g/mol. The molecule has 1 heterocycles. The number of aromatic nitrogens is 3. The summed E-state index contributed by atoms with van der Waals surface area (Å²) in [6.45, 7) is 1.43. The molecular formula is C13H14N4O3. The van der Waals surface area contributed by atoms with Crippen LogP contribution < -0.4 is 0 Å². The van der Waals surface area contributed by atoms with Crippen LogP contribution in [0.2, 0.25) is 0 Å². The van der Waals surface area contributed by atoms with Crippen LogP contribution in [0, 0.1) is 0 Å². The number of carbonyl (C=O) groups excluding carboxylic acids is 1. The van der Waals surface area contributed by atoms with Gasteiger partial charge in [-0.1, -0.05) is 23.4 Å². The van der Waals surface area contributed by atoms with Crippen molar-refractivity contribution in [2.75, 3.05) is 7.05 Å². The van der Waals surface area contributed by atoms with Crippen molar-refractivity contribution < 1.29 is 14.7 Å². The molecule has 0 radical (unpaired) electrons. The van der Waals surface area contributed by atoms with Gasteiger partial charge in [-0.25, -0.2) is 9.48 Å². The normalized spacial score (nSPS) is 11.9. The fourth-order valence-electron chi connectivity index (χ4n) is 1.59. The molecule has 1 aromatic heterocycles. The van der Waals surface area contributed by atoms with E-state index in [1.54, 1.807) is 0 Å². The lowest BCUT2D eigenvalue weighted by Crippen LogP contribution is -2.40. The first-order valence-electron chi connectivity index (χ1n) is 5.98. The minimum atomic E-state index is -1.07. The molecule has 1 aromatic carbocycles. The van der Waals surface area contributed by atoms with Gasteiger partial charge >= 0.3 is 5.97 Å². The molecule has 7 heteroatoms. The van der Waals surface area contributed by atoms with Crippen molar-refractivity contribution in [1.29, 1.82) is 0 Å². The zero-order chi connectivity index (χ0) is 14.7. The van der Waals surface area contributed by atoms with E-state index in [0.717, 1.165) is 10.6 Å². The van der Waals surface area contributed by atoms with Gasteiger partial charge in [0.15, 0.2) is 5.69 Å². The topological polar surface area (TPSA) is 88.3 Å². The van der Waals surface area contributed by atoms with E-state index in [1.807, 2.05) is 30.3 Å². The Labute approximate surface area is 115 Å². The average molecular weight is 274 g/mol. The molecule has 2 aromatic rings. The summed E-state index contributed by atoms with van der Waals surface area (Å²) in [5, 5.41) is 16.5. The molecule has 0 aliphatic rings. The Morgan fingerprint density at radius 1 is 1.30 bits per heavy atom. The first-order chi connectivity index (χ1) is 9.50. The van der Waals surface area contributed by atoms with Gasteiger partial charge in [0.1, 0.15) is 6.04 Å². The van der Waals surface area contributed by atoms with Crippen molar-refractivity contribution in [1.82, 2.24) is 19.9 Å². The van der Waals surface area contributed by atoms with E-state index >= 15 is 0 Å². The highest BCUT2D eigenvalue weighted by atomic mass is 16.4. The van der Waals surface area contributed by atoms with E-state index in [0.29, 0.717) is 0 Å². The van der Waals surface area contributed by atoms with Crippen molar-refractivity contribution in [2.45, 2.75) is 13.0 Å². The molecule has 1 unspecified atom stereocenters. The lowest BCUT2D eigenvalue weighted by molar-refractivity contribution is -0.141. The van der Waals surface area contributed by atoms with E-state index < -0.39 is 17.9 Å². The van der Waals surface area contributed by atoms with Crippen LogP contribution in [-0.2, 0) is 4.79 Å². The van der Waals surface area contributed by atoms with E-state index in [2.05, 4.69) is 10.3 Å². The number of carbonyl (C=O) groups is 2. The Balaban J connectivity index is 2.21. The predicted molar refractivity (Wildman–Crippen MR) is 70.6 cm³/mol. The molecule has 0 bridgehead atoms. The highest BCUT2D eigenvalue weighted by Crippen LogP contribution is 2.08. The molecule has 0 aliphatic heterocycles. The van der Waals surface area contributed by atoms with Gasteiger partial charge in [0.2, 0.25) is 0 Å². The highest BCUT2D eigenvalue weighted by Gasteiger charge is 2.24. The van der Waals surface area contributed by atoms with Gasteiger partial charge in [-0.15, -0.1) is 5.10 Å². The van der Waals surface area contributed by atoms with Crippen LogP contribution in [0.3, 0.4) is 0 Å². The zero-order valence-corrected chi connectivity index (χ0v) is 11.1. The number of para-hydroxylation sites is 1. The predicted octanol–water partition coefficient (Wildman–Crippen LogP) is 0.812. The van der Waals surface area contributed by atoms with E-state index in [-0.39, 0.29) is 5.69 Å². The SMILES string of the molecule is CC(C(=O)O)N(C)C(=O)c1cn(-c2ccccc2)nn1. The molecule has 1 N–H and O–H groups in total. The second kappa shape index (κ2) is 5.52. The molecule has 1 atom stereocenters. The van der Waals surface area contributed by atoms with Crippen molar-refractivity contribution in [3.8, 4) is 5.69 Å². The summed E-state index contributed by atoms with van der Waals surface area (Å²) in [7, 11) is 1.42. The van der Waals surface area contributed by atoms with E-state index in [9.17, 15) is 9.59 Å². The lowest BCUT2D eigenvalue weighted by Gasteiger charge is -2.19. The number of hydrogen-bond donors (Lipinski definition) is 1. The smallest absolute Gasteiger partial charge is 0.326 e. The number of amides is 1. The fraction of sp³-hybridized carbons (Fsp3) is 0.231. The van der Waals surface area contributed by atoms with Crippen LogP contribution in [0.25, 0.3) is 5.69 Å². The number of aliphatic carboxylic acids is 1. The molecule has 0 aliphatic carbocycles. The Kier molecular flexibility index (Phi) is 3.79. The first-order valence-corrected chi connectivity index (χ1v) is 5.98. The summed E-state index contributed by atoms with van der Waals surface area (Å²) in [6.07, 6.45) is 1.47. The Morgan fingerprint density at radius 2 is 1.95 bits per heavy atom. The van der Waals surface area contributed by atoms with Crippen LogP contribution in [0.15, 0.2) is 36.5 Å².